The molecule has 0 amide bonds. The van der Waals surface area contributed by atoms with Gasteiger partial charge in [-0.1, -0.05) is 23.7 Å². The van der Waals surface area contributed by atoms with Crippen LogP contribution in [-0.4, -0.2) is 44.4 Å². The molecule has 5 rings (SSSR count). The second-order valence-corrected chi connectivity index (χ2v) is 7.80. The maximum absolute atomic E-state index is 6.05. The van der Waals surface area contributed by atoms with Crippen LogP contribution in [0.1, 0.15) is 0 Å². The smallest absolute Gasteiger partial charge is 0.205 e. The Kier molecular flexibility index (Phi) is 4.97. The molecule has 3 aromatic heterocycles. The highest BCUT2D eigenvalue weighted by Gasteiger charge is 2.18. The van der Waals surface area contributed by atoms with E-state index in [0.29, 0.717) is 28.2 Å². The largest absolute Gasteiger partial charge is 0.493 e. The first-order valence-corrected chi connectivity index (χ1v) is 10.4. The normalized spacial score (nSPS) is 11.1. The zero-order valence-electron chi connectivity index (χ0n) is 16.5. The van der Waals surface area contributed by atoms with Gasteiger partial charge in [-0.25, -0.2) is 9.97 Å². The molecule has 0 atom stereocenters. The molecule has 8 nitrogen and oxygen atoms in total. The number of thiophene rings is 1. The molecule has 0 aliphatic rings. The molecule has 0 fully saturated rings. The maximum Gasteiger partial charge on any atom is 0.205 e. The fourth-order valence-corrected chi connectivity index (χ4v) is 4.28. The molecule has 10 heteroatoms. The molecule has 3 heterocycles. The Morgan fingerprint density at radius 3 is 2.48 bits per heavy atom. The van der Waals surface area contributed by atoms with Crippen LogP contribution in [0.4, 0.5) is 0 Å². The van der Waals surface area contributed by atoms with Crippen molar-refractivity contribution in [2.75, 3.05) is 14.2 Å². The number of hydrogen-bond acceptors (Lipinski definition) is 8. The zero-order valence-corrected chi connectivity index (χ0v) is 18.1. The lowest BCUT2D eigenvalue weighted by Crippen LogP contribution is -2.03. The third-order valence-corrected chi connectivity index (χ3v) is 5.89. The van der Waals surface area contributed by atoms with E-state index >= 15 is 0 Å². The highest BCUT2D eigenvalue weighted by atomic mass is 35.5. The third-order valence-electron chi connectivity index (χ3n) is 4.75. The first-order valence-electron chi connectivity index (χ1n) is 9.19. The van der Waals surface area contributed by atoms with Gasteiger partial charge in [0, 0.05) is 21.5 Å². The van der Waals surface area contributed by atoms with Gasteiger partial charge in [-0.15, -0.1) is 26.3 Å². The van der Waals surface area contributed by atoms with Crippen molar-refractivity contribution in [1.82, 2.24) is 30.2 Å². The molecule has 31 heavy (non-hydrogen) atoms. The number of rotatable bonds is 5. The molecule has 0 aliphatic carbocycles. The highest BCUT2D eigenvalue weighted by Crippen LogP contribution is 2.36. The lowest BCUT2D eigenvalue weighted by molar-refractivity contribution is 0.355. The van der Waals surface area contributed by atoms with E-state index in [4.69, 9.17) is 21.1 Å². The lowest BCUT2D eigenvalue weighted by atomic mass is 10.1. The van der Waals surface area contributed by atoms with Crippen LogP contribution in [-0.2, 0) is 0 Å². The molecular formula is C21H15ClN6O2S. The van der Waals surface area contributed by atoms with Crippen molar-refractivity contribution in [3.63, 3.8) is 0 Å². The summed E-state index contributed by atoms with van der Waals surface area (Å²) in [4.78, 5) is 11.1. The van der Waals surface area contributed by atoms with Crippen LogP contribution in [0.25, 0.3) is 38.5 Å². The van der Waals surface area contributed by atoms with Crippen molar-refractivity contribution in [3.05, 3.63) is 59.2 Å². The Morgan fingerprint density at radius 1 is 0.935 bits per heavy atom. The maximum atomic E-state index is 6.05. The predicted octanol–water partition coefficient (Wildman–Crippen LogP) is 4.67. The van der Waals surface area contributed by atoms with Crippen molar-refractivity contribution < 1.29 is 9.47 Å². The summed E-state index contributed by atoms with van der Waals surface area (Å²) >= 11 is 7.58. The van der Waals surface area contributed by atoms with Gasteiger partial charge in [-0.3, -0.25) is 0 Å². The van der Waals surface area contributed by atoms with Gasteiger partial charge < -0.3 is 9.47 Å². The Labute approximate surface area is 186 Å². The molecular weight excluding hydrogens is 436 g/mol. The van der Waals surface area contributed by atoms with Crippen LogP contribution in [0.15, 0.2) is 54.2 Å². The standard InChI is InChI=1S/C21H15ClN6O2S/c1-29-16-8-5-13(9-17(16)30-2)19-25-27-28(26-19)20-18-15(10-31-21(18)24-11-23-20)12-3-6-14(22)7-4-12/h3-11H,1-2H3. The Hall–Kier alpha value is -3.56. The molecule has 154 valence electrons. The number of aromatic nitrogens is 6. The van der Waals surface area contributed by atoms with E-state index in [1.807, 2.05) is 35.7 Å². The van der Waals surface area contributed by atoms with Crippen molar-refractivity contribution in [2.45, 2.75) is 0 Å². The number of fused-ring (bicyclic) bond motifs is 1. The summed E-state index contributed by atoms with van der Waals surface area (Å²) in [5, 5.41) is 16.6. The minimum atomic E-state index is 0.441. The lowest BCUT2D eigenvalue weighted by Gasteiger charge is -2.07. The first-order chi connectivity index (χ1) is 15.2. The molecule has 0 radical (unpaired) electrons. The summed E-state index contributed by atoms with van der Waals surface area (Å²) in [6.45, 7) is 0. The van der Waals surface area contributed by atoms with Crippen molar-refractivity contribution in [3.8, 4) is 39.8 Å². The van der Waals surface area contributed by atoms with Crippen LogP contribution >= 0.6 is 22.9 Å². The summed E-state index contributed by atoms with van der Waals surface area (Å²) in [5.74, 6) is 2.21. The van der Waals surface area contributed by atoms with E-state index in [1.165, 1.54) is 22.5 Å². The van der Waals surface area contributed by atoms with Crippen molar-refractivity contribution >= 4 is 33.2 Å². The van der Waals surface area contributed by atoms with E-state index in [0.717, 1.165) is 26.9 Å². The second-order valence-electron chi connectivity index (χ2n) is 6.51. The van der Waals surface area contributed by atoms with Gasteiger partial charge in [-0.2, -0.15) is 0 Å². The number of benzene rings is 2. The van der Waals surface area contributed by atoms with Gasteiger partial charge >= 0.3 is 0 Å². The molecule has 0 spiro atoms. The third kappa shape index (κ3) is 3.47. The Bertz CT molecular complexity index is 1380. The van der Waals surface area contributed by atoms with E-state index in [2.05, 4.69) is 25.4 Å². The topological polar surface area (TPSA) is 87.8 Å². The fourth-order valence-electron chi connectivity index (χ4n) is 3.25. The number of hydrogen-bond donors (Lipinski definition) is 0. The number of tetrazole rings is 1. The molecule has 0 bridgehead atoms. The summed E-state index contributed by atoms with van der Waals surface area (Å²) in [5.41, 5.74) is 2.74. The zero-order chi connectivity index (χ0) is 21.4. The number of methoxy groups -OCH3 is 2. The summed E-state index contributed by atoms with van der Waals surface area (Å²) in [6, 6.07) is 13.1. The average molecular weight is 451 g/mol. The van der Waals surface area contributed by atoms with E-state index < -0.39 is 0 Å². The SMILES string of the molecule is COc1ccc(-c2nnn(-c3ncnc4scc(-c5ccc(Cl)cc5)c34)n2)cc1OC. The summed E-state index contributed by atoms with van der Waals surface area (Å²) in [7, 11) is 3.17. The monoisotopic (exact) mass is 450 g/mol. The molecule has 0 N–H and O–H groups in total. The van der Waals surface area contributed by atoms with Gasteiger partial charge in [0.25, 0.3) is 0 Å². The van der Waals surface area contributed by atoms with Gasteiger partial charge in [0.05, 0.1) is 19.6 Å². The Morgan fingerprint density at radius 2 is 1.71 bits per heavy atom. The van der Waals surface area contributed by atoms with E-state index in [9.17, 15) is 0 Å². The number of halogens is 1. The van der Waals surface area contributed by atoms with E-state index in [-0.39, 0.29) is 0 Å². The molecule has 0 saturated carbocycles. The first kappa shape index (κ1) is 19.4. The molecule has 0 saturated heterocycles. The molecule has 2 aromatic carbocycles. The van der Waals surface area contributed by atoms with Gasteiger partial charge in [0.2, 0.25) is 5.82 Å². The van der Waals surface area contributed by atoms with Gasteiger partial charge in [-0.05, 0) is 41.1 Å². The van der Waals surface area contributed by atoms with Gasteiger partial charge in [0.15, 0.2) is 17.3 Å². The number of nitrogens with zero attached hydrogens (tertiary/aromatic N) is 6. The van der Waals surface area contributed by atoms with E-state index in [1.54, 1.807) is 26.4 Å². The Balaban J connectivity index is 1.61. The average Bonchev–Trinajstić information content (AvgIpc) is 3.47. The second kappa shape index (κ2) is 7.93. The van der Waals surface area contributed by atoms with Crippen molar-refractivity contribution in [1.29, 1.82) is 0 Å². The minimum Gasteiger partial charge on any atom is -0.493 e. The van der Waals surface area contributed by atoms with Crippen molar-refractivity contribution in [2.24, 2.45) is 0 Å². The quantitative estimate of drug-likeness (QED) is 0.384. The van der Waals surface area contributed by atoms with Crippen LogP contribution < -0.4 is 9.47 Å². The fraction of sp³-hybridized carbons (Fsp3) is 0.0952. The summed E-state index contributed by atoms with van der Waals surface area (Å²) < 4.78 is 10.7. The van der Waals surface area contributed by atoms with Crippen LogP contribution in [0.2, 0.25) is 5.02 Å². The summed E-state index contributed by atoms with van der Waals surface area (Å²) in [6.07, 6.45) is 1.50. The molecule has 0 unspecified atom stereocenters. The van der Waals surface area contributed by atoms with Crippen LogP contribution in [0.5, 0.6) is 11.5 Å². The van der Waals surface area contributed by atoms with Crippen LogP contribution in [0, 0.1) is 0 Å². The predicted molar refractivity (Wildman–Crippen MR) is 119 cm³/mol. The van der Waals surface area contributed by atoms with Crippen LogP contribution in [0.3, 0.4) is 0 Å². The molecule has 5 aromatic rings. The highest BCUT2D eigenvalue weighted by molar-refractivity contribution is 7.17. The number of ether oxygens (including phenoxy) is 2. The minimum absolute atomic E-state index is 0.441. The molecule has 0 aliphatic heterocycles. The van der Waals surface area contributed by atoms with Gasteiger partial charge in [0.1, 0.15) is 11.2 Å².